The van der Waals surface area contributed by atoms with Crippen molar-refractivity contribution in [1.29, 1.82) is 0 Å². The maximum Gasteiger partial charge on any atom is 0.257 e. The van der Waals surface area contributed by atoms with Gasteiger partial charge < -0.3 is 19.7 Å². The van der Waals surface area contributed by atoms with Gasteiger partial charge in [0.25, 0.3) is 11.8 Å². The number of carbonyl (C=O) groups is 2. The van der Waals surface area contributed by atoms with Gasteiger partial charge in [-0.1, -0.05) is 13.0 Å². The fourth-order valence-corrected chi connectivity index (χ4v) is 3.86. The summed E-state index contributed by atoms with van der Waals surface area (Å²) < 4.78 is 25.2. The van der Waals surface area contributed by atoms with Crippen molar-refractivity contribution < 1.29 is 23.5 Å². The highest BCUT2D eigenvalue weighted by atomic mass is 19.1. The molecule has 0 unspecified atom stereocenters. The van der Waals surface area contributed by atoms with Crippen LogP contribution in [0.4, 0.5) is 10.1 Å². The van der Waals surface area contributed by atoms with Crippen LogP contribution < -0.4 is 10.1 Å². The van der Waals surface area contributed by atoms with Gasteiger partial charge in [0.1, 0.15) is 18.2 Å². The van der Waals surface area contributed by atoms with Crippen LogP contribution in [0.3, 0.4) is 0 Å². The van der Waals surface area contributed by atoms with Crippen molar-refractivity contribution in [3.63, 3.8) is 0 Å². The molecule has 0 aromatic heterocycles. The summed E-state index contributed by atoms with van der Waals surface area (Å²) in [4.78, 5) is 29.6. The lowest BCUT2D eigenvalue weighted by Crippen LogP contribution is -2.45. The summed E-state index contributed by atoms with van der Waals surface area (Å²) in [5.74, 6) is -0.525. The Labute approximate surface area is 194 Å². The van der Waals surface area contributed by atoms with Gasteiger partial charge in [0, 0.05) is 50.6 Å². The van der Waals surface area contributed by atoms with Gasteiger partial charge in [0.2, 0.25) is 0 Å². The molecule has 1 aliphatic heterocycles. The molecule has 8 heteroatoms. The lowest BCUT2D eigenvalue weighted by molar-refractivity contribution is 0.0150. The summed E-state index contributed by atoms with van der Waals surface area (Å²) in [6.45, 7) is 5.78. The molecule has 1 N–H and O–H groups in total. The smallest absolute Gasteiger partial charge is 0.257 e. The minimum atomic E-state index is -0.487. The van der Waals surface area contributed by atoms with Crippen molar-refractivity contribution in [1.82, 2.24) is 9.80 Å². The zero-order valence-corrected chi connectivity index (χ0v) is 19.8. The van der Waals surface area contributed by atoms with Gasteiger partial charge in [-0.15, -0.1) is 0 Å². The molecule has 33 heavy (non-hydrogen) atoms. The molecule has 7 nitrogen and oxygen atoms in total. The molecule has 1 heterocycles. The second-order valence-electron chi connectivity index (χ2n) is 8.71. The van der Waals surface area contributed by atoms with Crippen molar-refractivity contribution in [3.8, 4) is 5.75 Å². The Hall–Kier alpha value is -2.97. The Kier molecular flexibility index (Phi) is 8.05. The van der Waals surface area contributed by atoms with E-state index in [4.69, 9.17) is 9.47 Å². The monoisotopic (exact) mass is 457 g/mol. The molecule has 3 atom stereocenters. The van der Waals surface area contributed by atoms with Gasteiger partial charge >= 0.3 is 0 Å². The Balaban J connectivity index is 1.90. The van der Waals surface area contributed by atoms with Crippen molar-refractivity contribution in [2.24, 2.45) is 5.92 Å². The zero-order valence-electron chi connectivity index (χ0n) is 19.8. The standard InChI is InChI=1S/C25H32FN3O4/c1-16-13-28(3)17(2)15-33-22-12-20(27-24(30)18-7-6-8-19(26)11-18)9-10-21(22)25(31)29(4)14-23(16)32-5/h6-12,16-17,23H,13-15H2,1-5H3,(H,27,30)/t16-,17-,23+/m0/s1. The van der Waals surface area contributed by atoms with E-state index in [-0.39, 0.29) is 29.5 Å². The Morgan fingerprint density at radius 2 is 1.91 bits per heavy atom. The average molecular weight is 458 g/mol. The number of nitrogens with zero attached hydrogens (tertiary/aromatic N) is 2. The summed E-state index contributed by atoms with van der Waals surface area (Å²) in [6, 6.07) is 10.5. The summed E-state index contributed by atoms with van der Waals surface area (Å²) in [7, 11) is 5.44. The van der Waals surface area contributed by atoms with E-state index < -0.39 is 11.7 Å². The maximum absolute atomic E-state index is 13.5. The molecule has 178 valence electrons. The third-order valence-corrected chi connectivity index (χ3v) is 6.10. The highest BCUT2D eigenvalue weighted by molar-refractivity contribution is 6.05. The fraction of sp³-hybridized carbons (Fsp3) is 0.440. The molecule has 2 amide bonds. The van der Waals surface area contributed by atoms with Crippen molar-refractivity contribution in [3.05, 3.63) is 59.4 Å². The van der Waals surface area contributed by atoms with Gasteiger partial charge in [0.15, 0.2) is 0 Å². The van der Waals surface area contributed by atoms with E-state index in [1.165, 1.54) is 24.3 Å². The number of methoxy groups -OCH3 is 1. The van der Waals surface area contributed by atoms with E-state index in [1.54, 1.807) is 37.3 Å². The first kappa shape index (κ1) is 24.7. The molecule has 0 radical (unpaired) electrons. The van der Waals surface area contributed by atoms with Crippen LogP contribution in [0.25, 0.3) is 0 Å². The fourth-order valence-electron chi connectivity index (χ4n) is 3.86. The number of halogens is 1. The first-order chi connectivity index (χ1) is 15.7. The van der Waals surface area contributed by atoms with E-state index in [1.807, 2.05) is 7.05 Å². The molecule has 0 aliphatic carbocycles. The van der Waals surface area contributed by atoms with Gasteiger partial charge in [-0.05, 0) is 50.2 Å². The van der Waals surface area contributed by atoms with E-state index in [2.05, 4.69) is 24.1 Å². The molecule has 3 rings (SSSR count). The number of benzene rings is 2. The van der Waals surface area contributed by atoms with Gasteiger partial charge in [-0.2, -0.15) is 0 Å². The second kappa shape index (κ2) is 10.8. The van der Waals surface area contributed by atoms with E-state index >= 15 is 0 Å². The highest BCUT2D eigenvalue weighted by Gasteiger charge is 2.27. The van der Waals surface area contributed by atoms with Crippen LogP contribution in [0.15, 0.2) is 42.5 Å². The van der Waals surface area contributed by atoms with Gasteiger partial charge in [-0.25, -0.2) is 4.39 Å². The average Bonchev–Trinajstić information content (AvgIpc) is 2.79. The van der Waals surface area contributed by atoms with Gasteiger partial charge in [-0.3, -0.25) is 14.5 Å². The summed E-state index contributed by atoms with van der Waals surface area (Å²) in [6.07, 6.45) is -0.109. The molecular formula is C25H32FN3O4. The molecule has 0 fully saturated rings. The first-order valence-corrected chi connectivity index (χ1v) is 11.0. The van der Waals surface area contributed by atoms with E-state index in [0.717, 1.165) is 6.54 Å². The number of nitrogens with one attached hydrogen (secondary N) is 1. The molecule has 0 spiro atoms. The second-order valence-corrected chi connectivity index (χ2v) is 8.71. The van der Waals surface area contributed by atoms with Crippen LogP contribution in [-0.2, 0) is 4.74 Å². The third kappa shape index (κ3) is 6.09. The highest BCUT2D eigenvalue weighted by Crippen LogP contribution is 2.27. The maximum atomic E-state index is 13.5. The van der Waals surface area contributed by atoms with E-state index in [0.29, 0.717) is 30.2 Å². The Morgan fingerprint density at radius 3 is 2.61 bits per heavy atom. The quantitative estimate of drug-likeness (QED) is 0.764. The molecule has 2 aromatic carbocycles. The normalized spacial score (nSPS) is 22.5. The summed E-state index contributed by atoms with van der Waals surface area (Å²) in [5.41, 5.74) is 1.06. The number of likely N-dealkylation sites (N-methyl/N-ethyl adjacent to an activating group) is 2. The molecule has 0 saturated carbocycles. The summed E-state index contributed by atoms with van der Waals surface area (Å²) in [5, 5.41) is 2.75. The molecule has 0 saturated heterocycles. The first-order valence-electron chi connectivity index (χ1n) is 11.0. The molecule has 2 aromatic rings. The lowest BCUT2D eigenvalue weighted by Gasteiger charge is -2.34. The lowest BCUT2D eigenvalue weighted by atomic mass is 10.0. The van der Waals surface area contributed by atoms with Crippen LogP contribution in [0, 0.1) is 11.7 Å². The van der Waals surface area contributed by atoms with Crippen LogP contribution >= 0.6 is 0 Å². The number of hydrogen-bond acceptors (Lipinski definition) is 5. The van der Waals surface area contributed by atoms with Crippen molar-refractivity contribution in [2.75, 3.05) is 46.2 Å². The number of amides is 2. The van der Waals surface area contributed by atoms with E-state index in [9.17, 15) is 14.0 Å². The van der Waals surface area contributed by atoms with Crippen LogP contribution in [-0.4, -0.2) is 74.7 Å². The van der Waals surface area contributed by atoms with Crippen molar-refractivity contribution in [2.45, 2.75) is 26.0 Å². The summed E-state index contributed by atoms with van der Waals surface area (Å²) >= 11 is 0. The molecular weight excluding hydrogens is 425 g/mol. The number of ether oxygens (including phenoxy) is 2. The largest absolute Gasteiger partial charge is 0.491 e. The zero-order chi connectivity index (χ0) is 24.1. The number of rotatable bonds is 3. The Bertz CT molecular complexity index is 999. The topological polar surface area (TPSA) is 71.1 Å². The van der Waals surface area contributed by atoms with Crippen molar-refractivity contribution >= 4 is 17.5 Å². The van der Waals surface area contributed by atoms with Crippen LogP contribution in [0.1, 0.15) is 34.6 Å². The number of fused-ring (bicyclic) bond motifs is 1. The molecule has 1 aliphatic rings. The van der Waals surface area contributed by atoms with Crippen LogP contribution in [0.2, 0.25) is 0 Å². The third-order valence-electron chi connectivity index (χ3n) is 6.10. The number of carbonyl (C=O) groups excluding carboxylic acids is 2. The Morgan fingerprint density at radius 1 is 1.15 bits per heavy atom. The van der Waals surface area contributed by atoms with Crippen LogP contribution in [0.5, 0.6) is 5.75 Å². The number of anilines is 1. The SMILES string of the molecule is CO[C@@H]1CN(C)C(=O)c2ccc(NC(=O)c3cccc(F)c3)cc2OC[C@H](C)N(C)C[C@@H]1C. The number of hydrogen-bond donors (Lipinski definition) is 1. The predicted molar refractivity (Wildman–Crippen MR) is 125 cm³/mol. The molecule has 0 bridgehead atoms. The minimum absolute atomic E-state index is 0.0932. The predicted octanol–water partition coefficient (Wildman–Crippen LogP) is 3.51. The minimum Gasteiger partial charge on any atom is -0.491 e. The van der Waals surface area contributed by atoms with Gasteiger partial charge in [0.05, 0.1) is 11.7 Å².